The molecule has 0 aromatic heterocycles. The Kier molecular flexibility index (Phi) is 5.91. The lowest BCUT2D eigenvalue weighted by Gasteiger charge is -2.24. The summed E-state index contributed by atoms with van der Waals surface area (Å²) in [7, 11) is 3.40. The number of nitrogens with one attached hydrogen (secondary N) is 2. The van der Waals surface area contributed by atoms with Gasteiger partial charge in [0.25, 0.3) is 0 Å². The van der Waals surface area contributed by atoms with Crippen molar-refractivity contribution in [2.24, 2.45) is 4.99 Å². The first-order valence-corrected chi connectivity index (χ1v) is 7.85. The highest BCUT2D eigenvalue weighted by molar-refractivity contribution is 6.30. The summed E-state index contributed by atoms with van der Waals surface area (Å²) < 4.78 is 11.1. The maximum Gasteiger partial charge on any atom is 0.191 e. The van der Waals surface area contributed by atoms with Gasteiger partial charge in [-0.05, 0) is 31.9 Å². The van der Waals surface area contributed by atoms with Gasteiger partial charge in [-0.15, -0.1) is 0 Å². The third kappa shape index (κ3) is 4.52. The maximum absolute atomic E-state index is 5.97. The van der Waals surface area contributed by atoms with Gasteiger partial charge in [0.1, 0.15) is 5.75 Å². The predicted molar refractivity (Wildman–Crippen MR) is 89.8 cm³/mol. The molecule has 2 N–H and O–H groups in total. The number of benzene rings is 1. The molecule has 22 heavy (non-hydrogen) atoms. The molecular formula is C16H24ClN3O2. The third-order valence-corrected chi connectivity index (χ3v) is 4.08. The number of rotatable bonds is 5. The number of hydrogen-bond acceptors (Lipinski definition) is 3. The Morgan fingerprint density at radius 2 is 2.27 bits per heavy atom. The minimum absolute atomic E-state index is 0.102. The molecule has 1 heterocycles. The second kappa shape index (κ2) is 7.70. The van der Waals surface area contributed by atoms with Crippen LogP contribution in [-0.2, 0) is 11.3 Å². The standard InChI is InChI=1S/C16H24ClN3O2/c1-16(7-4-8-22-16)11-20-15(18-2)19-10-12-5-6-13(17)9-14(12)21-3/h5-6,9H,4,7-8,10-11H2,1-3H3,(H2,18,19,20). The quantitative estimate of drug-likeness (QED) is 0.645. The van der Waals surface area contributed by atoms with Gasteiger partial charge >= 0.3 is 0 Å². The zero-order valence-corrected chi connectivity index (χ0v) is 14.2. The van der Waals surface area contributed by atoms with Crippen LogP contribution in [0.3, 0.4) is 0 Å². The number of guanidine groups is 1. The van der Waals surface area contributed by atoms with Crippen LogP contribution >= 0.6 is 11.6 Å². The molecule has 1 aromatic carbocycles. The zero-order chi connectivity index (χ0) is 16.0. The molecule has 0 spiro atoms. The molecule has 6 heteroatoms. The van der Waals surface area contributed by atoms with E-state index in [0.717, 1.165) is 43.3 Å². The van der Waals surface area contributed by atoms with E-state index in [1.807, 2.05) is 18.2 Å². The first-order valence-electron chi connectivity index (χ1n) is 7.47. The second-order valence-corrected chi connectivity index (χ2v) is 6.07. The third-order valence-electron chi connectivity index (χ3n) is 3.85. The van der Waals surface area contributed by atoms with Crippen LogP contribution in [0.15, 0.2) is 23.2 Å². The fourth-order valence-corrected chi connectivity index (χ4v) is 2.67. The van der Waals surface area contributed by atoms with Crippen LogP contribution < -0.4 is 15.4 Å². The first-order chi connectivity index (χ1) is 10.6. The summed E-state index contributed by atoms with van der Waals surface area (Å²) in [4.78, 5) is 4.24. The minimum atomic E-state index is -0.102. The van der Waals surface area contributed by atoms with Crippen LogP contribution in [0.4, 0.5) is 0 Å². The Labute approximate surface area is 137 Å². The van der Waals surface area contributed by atoms with E-state index < -0.39 is 0 Å². The van der Waals surface area contributed by atoms with Gasteiger partial charge in [0, 0.05) is 37.3 Å². The van der Waals surface area contributed by atoms with E-state index in [9.17, 15) is 0 Å². The first kappa shape index (κ1) is 16.9. The topological polar surface area (TPSA) is 54.9 Å². The van der Waals surface area contributed by atoms with Crippen LogP contribution in [0, 0.1) is 0 Å². The van der Waals surface area contributed by atoms with Gasteiger partial charge in [-0.2, -0.15) is 0 Å². The zero-order valence-electron chi connectivity index (χ0n) is 13.4. The van der Waals surface area contributed by atoms with E-state index in [2.05, 4.69) is 22.5 Å². The van der Waals surface area contributed by atoms with Gasteiger partial charge < -0.3 is 20.1 Å². The second-order valence-electron chi connectivity index (χ2n) is 5.64. The molecule has 1 saturated heterocycles. The van der Waals surface area contributed by atoms with Crippen molar-refractivity contribution < 1.29 is 9.47 Å². The molecule has 1 unspecified atom stereocenters. The summed E-state index contributed by atoms with van der Waals surface area (Å²) in [6, 6.07) is 5.61. The van der Waals surface area contributed by atoms with E-state index in [0.29, 0.717) is 11.6 Å². The van der Waals surface area contributed by atoms with E-state index in [4.69, 9.17) is 21.1 Å². The van der Waals surface area contributed by atoms with Crippen LogP contribution in [0.1, 0.15) is 25.3 Å². The molecule has 0 saturated carbocycles. The largest absolute Gasteiger partial charge is 0.496 e. The van der Waals surface area contributed by atoms with E-state index in [-0.39, 0.29) is 5.60 Å². The smallest absolute Gasteiger partial charge is 0.191 e. The van der Waals surface area contributed by atoms with Crippen molar-refractivity contribution >= 4 is 17.6 Å². The minimum Gasteiger partial charge on any atom is -0.496 e. The van der Waals surface area contributed by atoms with Gasteiger partial charge in [0.05, 0.1) is 12.7 Å². The summed E-state index contributed by atoms with van der Waals surface area (Å²) in [6.07, 6.45) is 2.19. The van der Waals surface area contributed by atoms with Crippen LogP contribution in [-0.4, -0.2) is 38.9 Å². The molecule has 122 valence electrons. The highest BCUT2D eigenvalue weighted by Gasteiger charge is 2.29. The number of nitrogens with zero attached hydrogens (tertiary/aromatic N) is 1. The van der Waals surface area contributed by atoms with Crippen molar-refractivity contribution in [3.8, 4) is 5.75 Å². The number of hydrogen-bond donors (Lipinski definition) is 2. The molecule has 1 aliphatic rings. The lowest BCUT2D eigenvalue weighted by molar-refractivity contribution is 0.0243. The molecule has 1 aliphatic heterocycles. The number of halogens is 1. The Morgan fingerprint density at radius 1 is 1.45 bits per heavy atom. The predicted octanol–water partition coefficient (Wildman–Crippen LogP) is 2.58. The molecule has 2 rings (SSSR count). The molecule has 0 radical (unpaired) electrons. The van der Waals surface area contributed by atoms with Crippen molar-refractivity contribution in [2.75, 3.05) is 27.3 Å². The van der Waals surface area contributed by atoms with Gasteiger partial charge in [0.2, 0.25) is 0 Å². The molecule has 0 bridgehead atoms. The molecule has 1 atom stereocenters. The Hall–Kier alpha value is -1.46. The fourth-order valence-electron chi connectivity index (χ4n) is 2.51. The lowest BCUT2D eigenvalue weighted by Crippen LogP contribution is -2.45. The number of aliphatic imine (C=N–C) groups is 1. The highest BCUT2D eigenvalue weighted by Crippen LogP contribution is 2.24. The molecule has 5 nitrogen and oxygen atoms in total. The average Bonchev–Trinajstić information content (AvgIpc) is 2.95. The Morgan fingerprint density at radius 3 is 2.91 bits per heavy atom. The monoisotopic (exact) mass is 325 g/mol. The van der Waals surface area contributed by atoms with Gasteiger partial charge in [-0.1, -0.05) is 17.7 Å². The lowest BCUT2D eigenvalue weighted by atomic mass is 10.0. The summed E-state index contributed by atoms with van der Waals surface area (Å²) in [5, 5.41) is 7.26. The van der Waals surface area contributed by atoms with Crippen LogP contribution in [0.5, 0.6) is 5.75 Å². The molecule has 1 aromatic rings. The summed E-state index contributed by atoms with van der Waals surface area (Å²) >= 11 is 5.97. The summed E-state index contributed by atoms with van der Waals surface area (Å²) in [5.74, 6) is 1.51. The number of ether oxygens (including phenoxy) is 2. The molecule has 0 aliphatic carbocycles. The van der Waals surface area contributed by atoms with Crippen molar-refractivity contribution in [2.45, 2.75) is 31.9 Å². The van der Waals surface area contributed by atoms with Crippen LogP contribution in [0.25, 0.3) is 0 Å². The average molecular weight is 326 g/mol. The van der Waals surface area contributed by atoms with Gasteiger partial charge in [-0.3, -0.25) is 4.99 Å². The number of methoxy groups -OCH3 is 1. The Bertz CT molecular complexity index is 528. The SMILES string of the molecule is CN=C(NCc1ccc(Cl)cc1OC)NCC1(C)CCCO1. The normalized spacial score (nSPS) is 21.7. The van der Waals surface area contributed by atoms with Crippen molar-refractivity contribution in [3.05, 3.63) is 28.8 Å². The molecular weight excluding hydrogens is 302 g/mol. The fraction of sp³-hybridized carbons (Fsp3) is 0.562. The van der Waals surface area contributed by atoms with Crippen molar-refractivity contribution in [1.82, 2.24) is 10.6 Å². The molecule has 1 fully saturated rings. The molecule has 0 amide bonds. The summed E-state index contributed by atoms with van der Waals surface area (Å²) in [5.41, 5.74) is 0.924. The van der Waals surface area contributed by atoms with E-state index in [1.165, 1.54) is 0 Å². The van der Waals surface area contributed by atoms with Crippen molar-refractivity contribution in [3.63, 3.8) is 0 Å². The van der Waals surface area contributed by atoms with E-state index in [1.54, 1.807) is 14.2 Å². The van der Waals surface area contributed by atoms with Gasteiger partial charge in [0.15, 0.2) is 5.96 Å². The Balaban J connectivity index is 1.88. The highest BCUT2D eigenvalue weighted by atomic mass is 35.5. The maximum atomic E-state index is 5.97. The van der Waals surface area contributed by atoms with Crippen LogP contribution in [0.2, 0.25) is 5.02 Å². The summed E-state index contributed by atoms with van der Waals surface area (Å²) in [6.45, 7) is 4.32. The van der Waals surface area contributed by atoms with Gasteiger partial charge in [-0.25, -0.2) is 0 Å². The van der Waals surface area contributed by atoms with Crippen molar-refractivity contribution in [1.29, 1.82) is 0 Å². The van der Waals surface area contributed by atoms with E-state index >= 15 is 0 Å².